The maximum atomic E-state index is 15.3. The van der Waals surface area contributed by atoms with Gasteiger partial charge in [0.25, 0.3) is 0 Å². The third-order valence-corrected chi connectivity index (χ3v) is 10.9. The molecule has 0 unspecified atom stereocenters. The van der Waals surface area contributed by atoms with Crippen molar-refractivity contribution in [1.29, 1.82) is 0 Å². The van der Waals surface area contributed by atoms with Crippen molar-refractivity contribution in [2.24, 2.45) is 11.3 Å². The second-order valence-electron chi connectivity index (χ2n) is 16.1. The van der Waals surface area contributed by atoms with E-state index in [4.69, 9.17) is 9.72 Å². The van der Waals surface area contributed by atoms with Crippen molar-refractivity contribution < 1.29 is 28.6 Å². The first kappa shape index (κ1) is 38.5. The maximum Gasteiger partial charge on any atom is 0.320 e. The Labute approximate surface area is 303 Å². The van der Waals surface area contributed by atoms with Gasteiger partial charge in [-0.2, -0.15) is 0 Å². The zero-order chi connectivity index (χ0) is 36.4. The molecule has 3 amide bonds. The van der Waals surface area contributed by atoms with Crippen molar-refractivity contribution in [1.82, 2.24) is 19.7 Å². The van der Waals surface area contributed by atoms with Crippen LogP contribution in [0.1, 0.15) is 126 Å². The summed E-state index contributed by atoms with van der Waals surface area (Å²) in [5.41, 5.74) is 4.40. The summed E-state index contributed by atoms with van der Waals surface area (Å²) in [6, 6.07) is 7.83. The van der Waals surface area contributed by atoms with Gasteiger partial charge >= 0.3 is 12.0 Å². The number of hydrogen-bond donors (Lipinski definition) is 1. The minimum atomic E-state index is -1.05. The molecule has 280 valence electrons. The Bertz CT molecular complexity index is 1480. The Balaban J connectivity index is 1.05. The zero-order valence-corrected chi connectivity index (χ0v) is 31.1. The predicted molar refractivity (Wildman–Crippen MR) is 196 cm³/mol. The number of ether oxygens (including phenoxy) is 1. The lowest BCUT2D eigenvalue weighted by Crippen LogP contribution is -2.38. The second-order valence-corrected chi connectivity index (χ2v) is 16.1. The highest BCUT2D eigenvalue weighted by Gasteiger charge is 2.36. The summed E-state index contributed by atoms with van der Waals surface area (Å²) in [5, 5.41) is 9.70. The maximum absolute atomic E-state index is 15.3. The number of aryl methyl sites for hydroxylation is 3. The van der Waals surface area contributed by atoms with Crippen LogP contribution < -0.4 is 4.74 Å². The van der Waals surface area contributed by atoms with Crippen LogP contribution in [-0.2, 0) is 28.9 Å². The average molecular weight is 707 g/mol. The molecule has 0 spiro atoms. The van der Waals surface area contributed by atoms with Crippen LogP contribution in [0.3, 0.4) is 0 Å². The molecule has 2 saturated heterocycles. The molecular weight excluding hydrogens is 647 g/mol. The molecule has 9 nitrogen and oxygen atoms in total. The van der Waals surface area contributed by atoms with Gasteiger partial charge in [-0.1, -0.05) is 45.7 Å². The molecule has 1 N–H and O–H groups in total. The summed E-state index contributed by atoms with van der Waals surface area (Å²) in [4.78, 5) is 48.2. The second kappa shape index (κ2) is 18.2. The minimum absolute atomic E-state index is 0.122. The number of amides is 3. The monoisotopic (exact) mass is 706 g/mol. The Morgan fingerprint density at radius 1 is 1.00 bits per heavy atom. The topological polar surface area (TPSA) is 103 Å². The fraction of sp³-hybridized carbons (Fsp3) is 0.659. The van der Waals surface area contributed by atoms with E-state index in [1.807, 2.05) is 4.90 Å². The Morgan fingerprint density at radius 2 is 1.78 bits per heavy atom. The van der Waals surface area contributed by atoms with Gasteiger partial charge in [0.15, 0.2) is 11.6 Å². The van der Waals surface area contributed by atoms with Crippen molar-refractivity contribution in [3.05, 3.63) is 58.7 Å². The van der Waals surface area contributed by atoms with Crippen LogP contribution in [-0.4, -0.2) is 82.0 Å². The number of halogens is 1. The molecular formula is C41H59FN4O5. The van der Waals surface area contributed by atoms with Gasteiger partial charge in [0.05, 0.1) is 19.1 Å². The zero-order valence-electron chi connectivity index (χ0n) is 31.1. The molecule has 1 aromatic heterocycles. The molecule has 1 aromatic carbocycles. The van der Waals surface area contributed by atoms with Crippen molar-refractivity contribution in [2.45, 2.75) is 123 Å². The van der Waals surface area contributed by atoms with E-state index in [0.29, 0.717) is 49.6 Å². The van der Waals surface area contributed by atoms with E-state index in [-0.39, 0.29) is 24.1 Å². The molecule has 2 aromatic rings. The van der Waals surface area contributed by atoms with Crippen LogP contribution in [0.25, 0.3) is 0 Å². The fourth-order valence-electron chi connectivity index (χ4n) is 7.80. The lowest BCUT2D eigenvalue weighted by molar-refractivity contribution is -0.138. The number of urea groups is 1. The van der Waals surface area contributed by atoms with E-state index in [1.165, 1.54) is 36.6 Å². The van der Waals surface area contributed by atoms with Crippen LogP contribution in [0.4, 0.5) is 9.18 Å². The first-order valence-corrected chi connectivity index (χ1v) is 19.4. The number of carbonyl (C=O) groups is 3. The quantitative estimate of drug-likeness (QED) is 0.167. The van der Waals surface area contributed by atoms with Crippen LogP contribution in [0.2, 0.25) is 0 Å². The van der Waals surface area contributed by atoms with Crippen molar-refractivity contribution in [3.8, 4) is 5.75 Å². The summed E-state index contributed by atoms with van der Waals surface area (Å²) < 4.78 is 21.2. The van der Waals surface area contributed by atoms with Gasteiger partial charge in [0, 0.05) is 50.5 Å². The van der Waals surface area contributed by atoms with Gasteiger partial charge < -0.3 is 24.5 Å². The van der Waals surface area contributed by atoms with Crippen LogP contribution in [0.5, 0.6) is 5.75 Å². The Hall–Kier alpha value is -3.69. The van der Waals surface area contributed by atoms with E-state index in [1.54, 1.807) is 21.9 Å². The van der Waals surface area contributed by atoms with Gasteiger partial charge in [0.2, 0.25) is 5.91 Å². The third kappa shape index (κ3) is 11.4. The summed E-state index contributed by atoms with van der Waals surface area (Å²) in [6.07, 6.45) is 13.4. The summed E-state index contributed by atoms with van der Waals surface area (Å²) in [5.74, 6) is -0.815. The predicted octanol–water partition coefficient (Wildman–Crippen LogP) is 7.99. The van der Waals surface area contributed by atoms with Gasteiger partial charge in [-0.3, -0.25) is 14.6 Å². The van der Waals surface area contributed by atoms with Crippen LogP contribution >= 0.6 is 0 Å². The van der Waals surface area contributed by atoms with E-state index in [0.717, 1.165) is 83.0 Å². The minimum Gasteiger partial charge on any atom is -0.491 e. The summed E-state index contributed by atoms with van der Waals surface area (Å²) >= 11 is 0. The number of aliphatic carboxylic acids is 1. The van der Waals surface area contributed by atoms with Crippen molar-refractivity contribution >= 4 is 17.9 Å². The SMILES string of the molecule is CC(C)(C)CCCCCC(=O)N1CCC(CCOc2ccc([C@H](CC(=O)O)N3CCN(CCCc4ccc5c(n4)CCCC5)C3=O)cc2F)CC1. The molecule has 2 aliphatic heterocycles. The standard InChI is InChI=1S/C41H59FN4O5/c1-41(2,3)21-8-4-5-13-38(47)44-23-18-30(19-24-44)20-27-51-37-17-15-32(28-34(37)42)36(29-39(48)49)46-26-25-45(40(46)50)22-9-11-33-16-14-31-10-6-7-12-35(31)43-33/h14-17,28,30,36H,4-13,18-27,29H2,1-3H3,(H,48,49)/t36-/m0/s1. The van der Waals surface area contributed by atoms with Gasteiger partial charge in [-0.25, -0.2) is 9.18 Å². The van der Waals surface area contributed by atoms with E-state index in [2.05, 4.69) is 32.9 Å². The highest BCUT2D eigenvalue weighted by atomic mass is 19.1. The first-order valence-electron chi connectivity index (χ1n) is 19.4. The number of piperidine rings is 1. The van der Waals surface area contributed by atoms with E-state index < -0.39 is 17.8 Å². The number of fused-ring (bicyclic) bond motifs is 1. The molecule has 0 radical (unpaired) electrons. The number of benzene rings is 1. The van der Waals surface area contributed by atoms with Crippen molar-refractivity contribution in [2.75, 3.05) is 39.3 Å². The number of rotatable bonds is 17. The van der Waals surface area contributed by atoms with Gasteiger partial charge in [-0.15, -0.1) is 0 Å². The normalized spacial score (nSPS) is 17.5. The molecule has 1 aliphatic carbocycles. The van der Waals surface area contributed by atoms with E-state index >= 15 is 4.39 Å². The molecule has 0 saturated carbocycles. The first-order chi connectivity index (χ1) is 24.5. The van der Waals surface area contributed by atoms with Crippen molar-refractivity contribution in [3.63, 3.8) is 0 Å². The number of aromatic nitrogens is 1. The van der Waals surface area contributed by atoms with Gasteiger partial charge in [-0.05, 0) is 111 Å². The molecule has 1 atom stereocenters. The number of likely N-dealkylation sites (tertiary alicyclic amines) is 1. The molecule has 0 bridgehead atoms. The lowest BCUT2D eigenvalue weighted by Gasteiger charge is -2.32. The Kier molecular flexibility index (Phi) is 13.7. The number of carbonyl (C=O) groups excluding carboxylic acids is 2. The highest BCUT2D eigenvalue weighted by molar-refractivity contribution is 5.78. The largest absolute Gasteiger partial charge is 0.491 e. The average Bonchev–Trinajstić information content (AvgIpc) is 3.46. The summed E-state index contributed by atoms with van der Waals surface area (Å²) in [6.45, 7) is 10.1. The molecule has 3 heterocycles. The number of carboxylic acids is 1. The number of hydrogen-bond acceptors (Lipinski definition) is 5. The molecule has 3 aliphatic rings. The lowest BCUT2D eigenvalue weighted by atomic mass is 9.89. The number of unbranched alkanes of at least 4 members (excludes halogenated alkanes) is 2. The third-order valence-electron chi connectivity index (χ3n) is 10.9. The smallest absolute Gasteiger partial charge is 0.320 e. The number of carboxylic acid groups (broad SMARTS) is 1. The Morgan fingerprint density at radius 3 is 2.53 bits per heavy atom. The molecule has 5 rings (SSSR count). The molecule has 2 fully saturated rings. The van der Waals surface area contributed by atoms with Crippen LogP contribution in [0.15, 0.2) is 30.3 Å². The fourth-order valence-corrected chi connectivity index (χ4v) is 7.80. The van der Waals surface area contributed by atoms with Gasteiger partial charge in [0.1, 0.15) is 0 Å². The van der Waals surface area contributed by atoms with Crippen LogP contribution in [0, 0.1) is 17.2 Å². The highest BCUT2D eigenvalue weighted by Crippen LogP contribution is 2.32. The number of pyridine rings is 1. The summed E-state index contributed by atoms with van der Waals surface area (Å²) in [7, 11) is 0. The number of nitrogens with zero attached hydrogens (tertiary/aromatic N) is 4. The van der Waals surface area contributed by atoms with E-state index in [9.17, 15) is 19.5 Å². The molecule has 51 heavy (non-hydrogen) atoms. The molecule has 10 heteroatoms.